The molecule has 0 aliphatic carbocycles. The van der Waals surface area contributed by atoms with E-state index in [0.29, 0.717) is 23.6 Å². The second kappa shape index (κ2) is 7.26. The zero-order valence-corrected chi connectivity index (χ0v) is 14.0. The number of para-hydroxylation sites is 1. The second-order valence-electron chi connectivity index (χ2n) is 6.28. The lowest BCUT2D eigenvalue weighted by Gasteiger charge is -2.23. The fourth-order valence-corrected chi connectivity index (χ4v) is 2.47. The molecule has 0 unspecified atom stereocenters. The van der Waals surface area contributed by atoms with Crippen LogP contribution in [0, 0.1) is 5.92 Å². The van der Waals surface area contributed by atoms with Crippen molar-refractivity contribution in [2.75, 3.05) is 14.1 Å². The van der Waals surface area contributed by atoms with Gasteiger partial charge in [0.1, 0.15) is 11.7 Å². The minimum absolute atomic E-state index is 0.0896. The highest BCUT2D eigenvalue weighted by Crippen LogP contribution is 2.18. The lowest BCUT2D eigenvalue weighted by atomic mass is 10.0. The Kier molecular flexibility index (Phi) is 5.36. The van der Waals surface area contributed by atoms with Gasteiger partial charge in [0.25, 0.3) is 0 Å². The van der Waals surface area contributed by atoms with Crippen LogP contribution in [0.2, 0.25) is 0 Å². The monoisotopic (exact) mass is 317 g/mol. The molecule has 0 aliphatic heterocycles. The quantitative estimate of drug-likeness (QED) is 0.884. The van der Waals surface area contributed by atoms with Gasteiger partial charge in [-0.3, -0.25) is 9.59 Å². The molecule has 0 aliphatic rings. The molecule has 124 valence electrons. The summed E-state index contributed by atoms with van der Waals surface area (Å²) in [6, 6.07) is 6.88. The topological polar surface area (TPSA) is 75.4 Å². The number of rotatable bonds is 6. The second-order valence-corrected chi connectivity index (χ2v) is 6.28. The van der Waals surface area contributed by atoms with Crippen molar-refractivity contribution in [3.8, 4) is 0 Å². The molecule has 2 aromatic rings. The Bertz CT molecular complexity index is 691. The van der Waals surface area contributed by atoms with Crippen molar-refractivity contribution < 1.29 is 14.1 Å². The summed E-state index contributed by atoms with van der Waals surface area (Å²) in [5.41, 5.74) is 1.23. The average molecular weight is 317 g/mol. The summed E-state index contributed by atoms with van der Waals surface area (Å²) in [6.45, 7) is 4.04. The first kappa shape index (κ1) is 17.0. The van der Waals surface area contributed by atoms with Crippen LogP contribution in [0.4, 0.5) is 0 Å². The van der Waals surface area contributed by atoms with Crippen molar-refractivity contribution in [3.63, 3.8) is 0 Å². The molecule has 1 atom stereocenters. The van der Waals surface area contributed by atoms with Gasteiger partial charge in [0.2, 0.25) is 11.8 Å². The van der Waals surface area contributed by atoms with E-state index in [0.717, 1.165) is 5.39 Å². The third-order valence-electron chi connectivity index (χ3n) is 3.56. The minimum atomic E-state index is -0.518. The summed E-state index contributed by atoms with van der Waals surface area (Å²) >= 11 is 0. The number of carbonyl (C=O) groups excluding carboxylic acids is 2. The first-order chi connectivity index (χ1) is 10.9. The molecular weight excluding hydrogens is 294 g/mol. The molecule has 2 amide bonds. The van der Waals surface area contributed by atoms with E-state index >= 15 is 0 Å². The van der Waals surface area contributed by atoms with Crippen molar-refractivity contribution in [2.24, 2.45) is 5.92 Å². The molecule has 0 saturated carbocycles. The smallest absolute Gasteiger partial charge is 0.244 e. The third-order valence-corrected chi connectivity index (χ3v) is 3.56. The number of aromatic nitrogens is 1. The van der Waals surface area contributed by atoms with E-state index in [9.17, 15) is 9.59 Å². The molecule has 1 N–H and O–H groups in total. The Hall–Kier alpha value is -2.37. The first-order valence-electron chi connectivity index (χ1n) is 7.72. The van der Waals surface area contributed by atoms with E-state index in [1.54, 1.807) is 20.2 Å². The van der Waals surface area contributed by atoms with E-state index in [1.165, 1.54) is 4.90 Å². The van der Waals surface area contributed by atoms with Gasteiger partial charge in [0, 0.05) is 19.5 Å². The summed E-state index contributed by atoms with van der Waals surface area (Å²) in [6.07, 6.45) is 0.689. The Morgan fingerprint density at radius 2 is 1.96 bits per heavy atom. The van der Waals surface area contributed by atoms with Crippen LogP contribution in [0.1, 0.15) is 26.0 Å². The van der Waals surface area contributed by atoms with Crippen molar-refractivity contribution in [1.29, 1.82) is 0 Å². The van der Waals surface area contributed by atoms with Crippen LogP contribution in [-0.4, -0.2) is 42.0 Å². The zero-order chi connectivity index (χ0) is 17.0. The van der Waals surface area contributed by atoms with Crippen LogP contribution in [0.15, 0.2) is 28.8 Å². The van der Waals surface area contributed by atoms with E-state index in [2.05, 4.69) is 10.5 Å². The van der Waals surface area contributed by atoms with Gasteiger partial charge in [-0.25, -0.2) is 0 Å². The summed E-state index contributed by atoms with van der Waals surface area (Å²) in [7, 11) is 3.37. The fourth-order valence-electron chi connectivity index (χ4n) is 2.47. The lowest BCUT2D eigenvalue weighted by molar-refractivity contribution is -0.134. The standard InChI is InChI=1S/C17H23N3O3/c1-11(2)9-14(17(22)20(3)4)18-16(21)10-13-12-7-5-6-8-15(12)23-19-13/h5-8,11,14H,9-10H2,1-4H3,(H,18,21)/t14-/m0/s1. The average Bonchev–Trinajstić information content (AvgIpc) is 2.88. The predicted octanol–water partition coefficient (Wildman–Crippen LogP) is 1.99. The van der Waals surface area contributed by atoms with Crippen molar-refractivity contribution >= 4 is 22.8 Å². The van der Waals surface area contributed by atoms with Crippen molar-refractivity contribution in [3.05, 3.63) is 30.0 Å². The Morgan fingerprint density at radius 3 is 2.61 bits per heavy atom. The van der Waals surface area contributed by atoms with Gasteiger partial charge in [0.05, 0.1) is 6.42 Å². The summed E-state index contributed by atoms with van der Waals surface area (Å²) < 4.78 is 5.20. The Balaban J connectivity index is 2.08. The van der Waals surface area contributed by atoms with Gasteiger partial charge < -0.3 is 14.7 Å². The molecule has 1 heterocycles. The van der Waals surface area contributed by atoms with Gasteiger partial charge in [-0.1, -0.05) is 31.1 Å². The minimum Gasteiger partial charge on any atom is -0.356 e. The first-order valence-corrected chi connectivity index (χ1v) is 7.72. The number of nitrogens with zero attached hydrogens (tertiary/aromatic N) is 2. The Morgan fingerprint density at radius 1 is 1.26 bits per heavy atom. The number of hydrogen-bond donors (Lipinski definition) is 1. The SMILES string of the molecule is CC(C)C[C@H](NC(=O)Cc1noc2ccccc12)C(=O)N(C)C. The van der Waals surface area contributed by atoms with Crippen LogP contribution in [0.5, 0.6) is 0 Å². The van der Waals surface area contributed by atoms with Crippen molar-refractivity contribution in [2.45, 2.75) is 32.7 Å². The highest BCUT2D eigenvalue weighted by molar-refractivity contribution is 5.90. The molecule has 1 aromatic carbocycles. The van der Waals surface area contributed by atoms with Crippen LogP contribution in [0.3, 0.4) is 0 Å². The molecular formula is C17H23N3O3. The number of likely N-dealkylation sites (N-methyl/N-ethyl adjacent to an activating group) is 1. The molecule has 0 radical (unpaired) electrons. The third kappa shape index (κ3) is 4.31. The number of benzene rings is 1. The maximum absolute atomic E-state index is 12.3. The maximum Gasteiger partial charge on any atom is 0.244 e. The van der Waals surface area contributed by atoms with Crippen LogP contribution < -0.4 is 5.32 Å². The lowest BCUT2D eigenvalue weighted by Crippen LogP contribution is -2.47. The highest BCUT2D eigenvalue weighted by atomic mass is 16.5. The van der Waals surface area contributed by atoms with Crippen LogP contribution in [0.25, 0.3) is 11.0 Å². The van der Waals surface area contributed by atoms with Gasteiger partial charge in [0.15, 0.2) is 5.58 Å². The normalized spacial score (nSPS) is 12.4. The number of hydrogen-bond acceptors (Lipinski definition) is 4. The maximum atomic E-state index is 12.3. The molecule has 0 saturated heterocycles. The van der Waals surface area contributed by atoms with Gasteiger partial charge in [-0.2, -0.15) is 0 Å². The summed E-state index contributed by atoms with van der Waals surface area (Å²) in [4.78, 5) is 26.0. The number of fused-ring (bicyclic) bond motifs is 1. The molecule has 1 aromatic heterocycles. The molecule has 6 heteroatoms. The largest absolute Gasteiger partial charge is 0.356 e. The molecule has 6 nitrogen and oxygen atoms in total. The van der Waals surface area contributed by atoms with E-state index < -0.39 is 6.04 Å². The summed E-state index contributed by atoms with van der Waals surface area (Å²) in [5, 5.41) is 7.59. The molecule has 0 spiro atoms. The number of nitrogens with one attached hydrogen (secondary N) is 1. The molecule has 0 bridgehead atoms. The number of carbonyl (C=O) groups is 2. The van der Waals surface area contributed by atoms with E-state index in [1.807, 2.05) is 32.0 Å². The summed E-state index contributed by atoms with van der Waals surface area (Å²) in [5.74, 6) is -0.0287. The Labute approximate surface area is 135 Å². The van der Waals surface area contributed by atoms with Gasteiger partial charge in [-0.05, 0) is 24.5 Å². The van der Waals surface area contributed by atoms with E-state index in [4.69, 9.17) is 4.52 Å². The molecule has 23 heavy (non-hydrogen) atoms. The number of amides is 2. The van der Waals surface area contributed by atoms with Crippen LogP contribution in [-0.2, 0) is 16.0 Å². The van der Waals surface area contributed by atoms with Gasteiger partial charge in [-0.15, -0.1) is 0 Å². The molecule has 2 rings (SSSR count). The molecule has 0 fully saturated rings. The highest BCUT2D eigenvalue weighted by Gasteiger charge is 2.24. The fraction of sp³-hybridized carbons (Fsp3) is 0.471. The van der Waals surface area contributed by atoms with E-state index in [-0.39, 0.29) is 18.2 Å². The van der Waals surface area contributed by atoms with Crippen LogP contribution >= 0.6 is 0 Å². The van der Waals surface area contributed by atoms with Crippen molar-refractivity contribution in [1.82, 2.24) is 15.4 Å². The zero-order valence-electron chi connectivity index (χ0n) is 14.0. The predicted molar refractivity (Wildman–Crippen MR) is 87.8 cm³/mol. The van der Waals surface area contributed by atoms with Gasteiger partial charge >= 0.3 is 0 Å².